The van der Waals surface area contributed by atoms with Crippen LogP contribution in [0.1, 0.15) is 36.4 Å². The highest BCUT2D eigenvalue weighted by Gasteiger charge is 2.28. The first-order chi connectivity index (χ1) is 13.9. The zero-order valence-electron chi connectivity index (χ0n) is 16.5. The van der Waals surface area contributed by atoms with Gasteiger partial charge in [0.05, 0.1) is 18.5 Å². The maximum Gasteiger partial charge on any atom is 0.182 e. The van der Waals surface area contributed by atoms with E-state index in [9.17, 15) is 5.11 Å². The number of nitrogens with zero attached hydrogens (tertiary/aromatic N) is 7. The maximum atomic E-state index is 10.3. The molecule has 0 unspecified atom stereocenters. The van der Waals surface area contributed by atoms with Crippen LogP contribution in [0.3, 0.4) is 0 Å². The van der Waals surface area contributed by atoms with E-state index in [1.807, 2.05) is 19.3 Å². The van der Waals surface area contributed by atoms with Gasteiger partial charge in [0.15, 0.2) is 11.5 Å². The van der Waals surface area contributed by atoms with Gasteiger partial charge in [-0.15, -0.1) is 0 Å². The molecule has 0 spiro atoms. The molecule has 4 heterocycles. The van der Waals surface area contributed by atoms with Crippen LogP contribution < -0.4 is 0 Å². The SMILES string of the molecule is Cn1cc(-c2nccn3nc(Cc4ccc5c(c4)CN=C5C(C)(C)O)nc23)cn1. The number of aromatic nitrogens is 6. The largest absolute Gasteiger partial charge is 0.384 e. The van der Waals surface area contributed by atoms with E-state index in [2.05, 4.69) is 32.3 Å². The number of aryl methyl sites for hydroxylation is 1. The van der Waals surface area contributed by atoms with Crippen molar-refractivity contribution in [3.8, 4) is 11.3 Å². The molecule has 4 aromatic rings. The highest BCUT2D eigenvalue weighted by molar-refractivity contribution is 6.08. The van der Waals surface area contributed by atoms with Gasteiger partial charge in [0, 0.05) is 43.2 Å². The number of fused-ring (bicyclic) bond motifs is 2. The van der Waals surface area contributed by atoms with E-state index < -0.39 is 5.60 Å². The van der Waals surface area contributed by atoms with E-state index in [1.54, 1.807) is 41.6 Å². The summed E-state index contributed by atoms with van der Waals surface area (Å²) in [7, 11) is 1.87. The normalized spacial score (nSPS) is 13.7. The van der Waals surface area contributed by atoms with Gasteiger partial charge in [0.25, 0.3) is 0 Å². The predicted molar refractivity (Wildman–Crippen MR) is 109 cm³/mol. The van der Waals surface area contributed by atoms with Crippen LogP contribution in [-0.2, 0) is 20.0 Å². The van der Waals surface area contributed by atoms with Crippen molar-refractivity contribution < 1.29 is 5.11 Å². The van der Waals surface area contributed by atoms with Crippen LogP contribution in [0.5, 0.6) is 0 Å². The molecule has 8 nitrogen and oxygen atoms in total. The van der Waals surface area contributed by atoms with Gasteiger partial charge in [-0.3, -0.25) is 14.7 Å². The van der Waals surface area contributed by atoms with Gasteiger partial charge in [-0.25, -0.2) is 9.50 Å². The maximum absolute atomic E-state index is 10.3. The van der Waals surface area contributed by atoms with Crippen LogP contribution in [0.4, 0.5) is 0 Å². The molecule has 1 aliphatic heterocycles. The Bertz CT molecular complexity index is 1260. The number of hydrogen-bond donors (Lipinski definition) is 1. The number of aliphatic hydroxyl groups is 1. The quantitative estimate of drug-likeness (QED) is 0.579. The Labute approximate surface area is 167 Å². The molecule has 0 radical (unpaired) electrons. The second-order valence-corrected chi connectivity index (χ2v) is 7.87. The lowest BCUT2D eigenvalue weighted by atomic mass is 9.93. The van der Waals surface area contributed by atoms with Gasteiger partial charge in [-0.2, -0.15) is 10.2 Å². The minimum absolute atomic E-state index is 0.593. The van der Waals surface area contributed by atoms with Gasteiger partial charge in [0.1, 0.15) is 11.3 Å². The second kappa shape index (κ2) is 6.31. The number of aliphatic imine (C=N–C) groups is 1. The zero-order chi connectivity index (χ0) is 20.2. The third-order valence-corrected chi connectivity index (χ3v) is 5.05. The smallest absolute Gasteiger partial charge is 0.182 e. The molecule has 1 aromatic carbocycles. The van der Waals surface area contributed by atoms with Crippen LogP contribution in [0.25, 0.3) is 16.9 Å². The minimum atomic E-state index is -0.939. The van der Waals surface area contributed by atoms with Crippen molar-refractivity contribution in [1.82, 2.24) is 29.4 Å². The van der Waals surface area contributed by atoms with Crippen molar-refractivity contribution in [2.75, 3.05) is 0 Å². The number of hydrogen-bond acceptors (Lipinski definition) is 6. The van der Waals surface area contributed by atoms with Crippen molar-refractivity contribution in [2.24, 2.45) is 12.0 Å². The lowest BCUT2D eigenvalue weighted by Gasteiger charge is -2.18. The zero-order valence-corrected chi connectivity index (χ0v) is 16.5. The molecule has 5 rings (SSSR count). The summed E-state index contributed by atoms with van der Waals surface area (Å²) in [5.74, 6) is 0.727. The fraction of sp³-hybridized carbons (Fsp3) is 0.286. The monoisotopic (exact) mass is 387 g/mol. The summed E-state index contributed by atoms with van der Waals surface area (Å²) in [5, 5.41) is 19.1. The van der Waals surface area contributed by atoms with Gasteiger partial charge < -0.3 is 5.11 Å². The molecule has 0 amide bonds. The molecule has 0 saturated carbocycles. The molecule has 1 aliphatic rings. The summed E-state index contributed by atoms with van der Waals surface area (Å²) >= 11 is 0. The fourth-order valence-electron chi connectivity index (χ4n) is 3.76. The predicted octanol–water partition coefficient (Wildman–Crippen LogP) is 2.19. The van der Waals surface area contributed by atoms with Crippen LogP contribution >= 0.6 is 0 Å². The summed E-state index contributed by atoms with van der Waals surface area (Å²) in [6.07, 6.45) is 7.82. The van der Waals surface area contributed by atoms with Gasteiger partial charge in [-0.05, 0) is 25.0 Å². The average Bonchev–Trinajstić information content (AvgIpc) is 3.37. The molecule has 0 fully saturated rings. The van der Waals surface area contributed by atoms with E-state index in [1.165, 1.54) is 0 Å². The highest BCUT2D eigenvalue weighted by Crippen LogP contribution is 2.27. The van der Waals surface area contributed by atoms with E-state index in [-0.39, 0.29) is 0 Å². The molecule has 1 N–H and O–H groups in total. The molecule has 29 heavy (non-hydrogen) atoms. The first kappa shape index (κ1) is 17.7. The Morgan fingerprint density at radius 3 is 2.86 bits per heavy atom. The Kier molecular flexibility index (Phi) is 3.85. The molecule has 0 saturated heterocycles. The molecule has 8 heteroatoms. The van der Waals surface area contributed by atoms with Gasteiger partial charge in [0.2, 0.25) is 0 Å². The highest BCUT2D eigenvalue weighted by atomic mass is 16.3. The Hall–Kier alpha value is -3.39. The van der Waals surface area contributed by atoms with Crippen molar-refractivity contribution in [1.29, 1.82) is 0 Å². The third-order valence-electron chi connectivity index (χ3n) is 5.05. The summed E-state index contributed by atoms with van der Waals surface area (Å²) in [6.45, 7) is 4.13. The van der Waals surface area contributed by atoms with Crippen molar-refractivity contribution in [3.05, 3.63) is 65.5 Å². The fourth-order valence-corrected chi connectivity index (χ4v) is 3.76. The van der Waals surface area contributed by atoms with Crippen LogP contribution in [0, 0.1) is 0 Å². The Morgan fingerprint density at radius 2 is 2.10 bits per heavy atom. The summed E-state index contributed by atoms with van der Waals surface area (Å²) in [4.78, 5) is 13.7. The average molecular weight is 387 g/mol. The number of rotatable bonds is 4. The summed E-state index contributed by atoms with van der Waals surface area (Å²) in [6, 6.07) is 6.22. The van der Waals surface area contributed by atoms with Crippen LogP contribution in [-0.4, -0.2) is 45.8 Å². The van der Waals surface area contributed by atoms with E-state index in [0.29, 0.717) is 18.6 Å². The van der Waals surface area contributed by atoms with E-state index >= 15 is 0 Å². The molecular weight excluding hydrogens is 366 g/mol. The second-order valence-electron chi connectivity index (χ2n) is 7.87. The van der Waals surface area contributed by atoms with Gasteiger partial charge in [-0.1, -0.05) is 18.2 Å². The molecule has 146 valence electrons. The Balaban J connectivity index is 1.46. The van der Waals surface area contributed by atoms with E-state index in [4.69, 9.17) is 4.98 Å². The molecule has 0 atom stereocenters. The molecule has 0 bridgehead atoms. The number of benzene rings is 1. The van der Waals surface area contributed by atoms with Crippen LogP contribution in [0.15, 0.2) is 48.0 Å². The lowest BCUT2D eigenvalue weighted by Crippen LogP contribution is -2.30. The first-order valence-corrected chi connectivity index (χ1v) is 9.47. The standard InChI is InChI=1S/C21H21N7O/c1-21(2,29)19-16-5-4-13(8-14(16)10-23-19)9-17-25-20-18(15-11-24-27(3)12-15)22-6-7-28(20)26-17/h4-8,11-12,29H,9-10H2,1-3H3. The molecule has 3 aromatic heterocycles. The van der Waals surface area contributed by atoms with Crippen molar-refractivity contribution in [3.63, 3.8) is 0 Å². The molecule has 0 aliphatic carbocycles. The minimum Gasteiger partial charge on any atom is -0.384 e. The van der Waals surface area contributed by atoms with E-state index in [0.717, 1.165) is 39.5 Å². The lowest BCUT2D eigenvalue weighted by molar-refractivity contribution is 0.154. The third kappa shape index (κ3) is 3.11. The van der Waals surface area contributed by atoms with Crippen LogP contribution in [0.2, 0.25) is 0 Å². The van der Waals surface area contributed by atoms with Gasteiger partial charge >= 0.3 is 0 Å². The molecular formula is C21H21N7O. The first-order valence-electron chi connectivity index (χ1n) is 9.47. The topological polar surface area (TPSA) is 93.5 Å². The van der Waals surface area contributed by atoms with Crippen molar-refractivity contribution >= 4 is 11.4 Å². The Morgan fingerprint density at radius 1 is 1.24 bits per heavy atom. The summed E-state index contributed by atoms with van der Waals surface area (Å²) < 4.78 is 3.50. The van der Waals surface area contributed by atoms with Crippen molar-refractivity contribution in [2.45, 2.75) is 32.4 Å². The summed E-state index contributed by atoms with van der Waals surface area (Å²) in [5.41, 5.74) is 5.45.